The number of nitrogens with one attached hydrogen (secondary N) is 1. The maximum absolute atomic E-state index is 12.3. The molecule has 1 aliphatic carbocycles. The van der Waals surface area contributed by atoms with E-state index in [2.05, 4.69) is 28.2 Å². The van der Waals surface area contributed by atoms with Crippen molar-refractivity contribution < 1.29 is 9.53 Å². The maximum Gasteiger partial charge on any atom is 0.331 e. The van der Waals surface area contributed by atoms with Crippen molar-refractivity contribution in [3.63, 3.8) is 0 Å². The average molecular weight is 354 g/mol. The zero-order valence-electron chi connectivity index (χ0n) is 12.8. The molecule has 0 bridgehead atoms. The second-order valence-electron chi connectivity index (χ2n) is 5.94. The van der Waals surface area contributed by atoms with Gasteiger partial charge in [0.2, 0.25) is 0 Å². The molecule has 1 aromatic rings. The molecule has 0 saturated heterocycles. The molecule has 3 nitrogen and oxygen atoms in total. The van der Waals surface area contributed by atoms with Crippen LogP contribution in [0, 0.1) is 5.92 Å². The Morgan fingerprint density at radius 2 is 1.95 bits per heavy atom. The highest BCUT2D eigenvalue weighted by Crippen LogP contribution is 2.37. The second kappa shape index (κ2) is 7.30. The Morgan fingerprint density at radius 3 is 2.48 bits per heavy atom. The van der Waals surface area contributed by atoms with E-state index in [0.29, 0.717) is 0 Å². The minimum atomic E-state index is -0.563. The minimum absolute atomic E-state index is 0.139. The first-order valence-electron chi connectivity index (χ1n) is 7.72. The summed E-state index contributed by atoms with van der Waals surface area (Å²) in [7, 11) is 1.48. The van der Waals surface area contributed by atoms with Gasteiger partial charge in [0.15, 0.2) is 0 Å². The topological polar surface area (TPSA) is 38.3 Å². The Labute approximate surface area is 135 Å². The number of halogens is 1. The highest BCUT2D eigenvalue weighted by molar-refractivity contribution is 9.10. The van der Waals surface area contributed by atoms with Gasteiger partial charge in [0, 0.05) is 10.2 Å². The van der Waals surface area contributed by atoms with Gasteiger partial charge in [-0.25, -0.2) is 4.79 Å². The molecule has 0 amide bonds. The van der Waals surface area contributed by atoms with E-state index in [0.717, 1.165) is 41.8 Å². The van der Waals surface area contributed by atoms with Gasteiger partial charge in [-0.2, -0.15) is 0 Å². The first-order valence-corrected chi connectivity index (χ1v) is 8.51. The van der Waals surface area contributed by atoms with Gasteiger partial charge in [0.25, 0.3) is 0 Å². The summed E-state index contributed by atoms with van der Waals surface area (Å²) in [6.07, 6.45) is 6.35. The lowest BCUT2D eigenvalue weighted by atomic mass is 9.75. The lowest BCUT2D eigenvalue weighted by Gasteiger charge is -2.39. The fourth-order valence-corrected chi connectivity index (χ4v) is 3.52. The number of hydrogen-bond donors (Lipinski definition) is 1. The molecule has 0 aromatic heterocycles. The summed E-state index contributed by atoms with van der Waals surface area (Å²) in [6, 6.07) is 7.95. The minimum Gasteiger partial charge on any atom is -0.467 e. The van der Waals surface area contributed by atoms with Crippen molar-refractivity contribution in [2.45, 2.75) is 51.0 Å². The van der Waals surface area contributed by atoms with E-state index >= 15 is 0 Å². The van der Waals surface area contributed by atoms with Gasteiger partial charge in [0.1, 0.15) is 5.54 Å². The molecule has 1 aliphatic rings. The van der Waals surface area contributed by atoms with Crippen molar-refractivity contribution >= 4 is 27.6 Å². The van der Waals surface area contributed by atoms with Crippen molar-refractivity contribution in [1.82, 2.24) is 0 Å². The van der Waals surface area contributed by atoms with Crippen LogP contribution in [0.1, 0.15) is 45.4 Å². The maximum atomic E-state index is 12.3. The third-order valence-electron chi connectivity index (χ3n) is 4.46. The van der Waals surface area contributed by atoms with Crippen LogP contribution in [-0.4, -0.2) is 18.6 Å². The number of ether oxygens (including phenoxy) is 1. The van der Waals surface area contributed by atoms with E-state index in [1.807, 2.05) is 24.3 Å². The number of methoxy groups -OCH3 is 1. The Morgan fingerprint density at radius 1 is 1.33 bits per heavy atom. The number of carbonyl (C=O) groups is 1. The molecule has 1 saturated carbocycles. The predicted molar refractivity (Wildman–Crippen MR) is 89.4 cm³/mol. The van der Waals surface area contributed by atoms with Gasteiger partial charge in [0.05, 0.1) is 7.11 Å². The normalized spacial score (nSPS) is 25.4. The van der Waals surface area contributed by atoms with Crippen molar-refractivity contribution in [1.29, 1.82) is 0 Å². The smallest absolute Gasteiger partial charge is 0.331 e. The summed E-state index contributed by atoms with van der Waals surface area (Å²) in [4.78, 5) is 12.3. The van der Waals surface area contributed by atoms with Crippen molar-refractivity contribution in [3.05, 3.63) is 28.7 Å². The number of anilines is 1. The first-order chi connectivity index (χ1) is 10.1. The van der Waals surface area contributed by atoms with Gasteiger partial charge >= 0.3 is 5.97 Å². The van der Waals surface area contributed by atoms with Crippen LogP contribution in [-0.2, 0) is 9.53 Å². The summed E-state index contributed by atoms with van der Waals surface area (Å²) in [6.45, 7) is 2.22. The third-order valence-corrected chi connectivity index (χ3v) is 4.99. The Kier molecular flexibility index (Phi) is 5.68. The Balaban J connectivity index is 2.11. The fourth-order valence-electron chi connectivity index (χ4n) is 3.25. The summed E-state index contributed by atoms with van der Waals surface area (Å²) in [5, 5.41) is 3.44. The zero-order chi connectivity index (χ0) is 15.3. The van der Waals surface area contributed by atoms with E-state index in [4.69, 9.17) is 4.74 Å². The molecule has 116 valence electrons. The molecular weight excluding hydrogens is 330 g/mol. The summed E-state index contributed by atoms with van der Waals surface area (Å²) in [5.74, 6) is 0.611. The predicted octanol–water partition coefficient (Wildman–Crippen LogP) is 4.76. The van der Waals surface area contributed by atoms with Crippen LogP contribution < -0.4 is 5.32 Å². The molecule has 21 heavy (non-hydrogen) atoms. The largest absolute Gasteiger partial charge is 0.467 e. The summed E-state index contributed by atoms with van der Waals surface area (Å²) < 4.78 is 6.11. The highest BCUT2D eigenvalue weighted by atomic mass is 79.9. The first kappa shape index (κ1) is 16.3. The number of rotatable bonds is 5. The number of esters is 1. The molecule has 1 N–H and O–H groups in total. The van der Waals surface area contributed by atoms with Gasteiger partial charge in [-0.3, -0.25) is 0 Å². The van der Waals surface area contributed by atoms with Gasteiger partial charge in [-0.05, 0) is 55.9 Å². The lowest BCUT2D eigenvalue weighted by Crippen LogP contribution is -2.49. The molecule has 1 aromatic carbocycles. The Bertz CT molecular complexity index is 464. The molecule has 4 heteroatoms. The van der Waals surface area contributed by atoms with E-state index in [1.165, 1.54) is 20.0 Å². The number of carbonyl (C=O) groups excluding carboxylic acids is 1. The molecule has 0 atom stereocenters. The number of hydrogen-bond acceptors (Lipinski definition) is 3. The quantitative estimate of drug-likeness (QED) is 0.775. The van der Waals surface area contributed by atoms with E-state index in [1.54, 1.807) is 0 Å². The Hall–Kier alpha value is -1.03. The molecule has 0 radical (unpaired) electrons. The fraction of sp³-hybridized carbons (Fsp3) is 0.588. The van der Waals surface area contributed by atoms with Crippen LogP contribution in [0.25, 0.3) is 0 Å². The van der Waals surface area contributed by atoms with Crippen molar-refractivity contribution in [2.75, 3.05) is 12.4 Å². The van der Waals surface area contributed by atoms with Crippen molar-refractivity contribution in [3.8, 4) is 0 Å². The van der Waals surface area contributed by atoms with Crippen LogP contribution in [0.5, 0.6) is 0 Å². The van der Waals surface area contributed by atoms with Crippen LogP contribution in [0.4, 0.5) is 5.69 Å². The molecular formula is C17H24BrNO2. The molecule has 2 rings (SSSR count). The lowest BCUT2D eigenvalue weighted by molar-refractivity contribution is -0.147. The van der Waals surface area contributed by atoms with Crippen LogP contribution in [0.2, 0.25) is 0 Å². The monoisotopic (exact) mass is 353 g/mol. The third kappa shape index (κ3) is 4.00. The van der Waals surface area contributed by atoms with Crippen LogP contribution in [0.3, 0.4) is 0 Å². The van der Waals surface area contributed by atoms with Crippen LogP contribution in [0.15, 0.2) is 28.7 Å². The van der Waals surface area contributed by atoms with E-state index in [9.17, 15) is 4.79 Å². The molecule has 0 heterocycles. The van der Waals surface area contributed by atoms with E-state index < -0.39 is 5.54 Å². The summed E-state index contributed by atoms with van der Waals surface area (Å²) >= 11 is 3.43. The molecule has 0 unspecified atom stereocenters. The van der Waals surface area contributed by atoms with Gasteiger partial charge in [-0.15, -0.1) is 0 Å². The van der Waals surface area contributed by atoms with Gasteiger partial charge < -0.3 is 10.1 Å². The average Bonchev–Trinajstić information content (AvgIpc) is 2.51. The summed E-state index contributed by atoms with van der Waals surface area (Å²) in [5.41, 5.74) is 0.407. The van der Waals surface area contributed by atoms with Gasteiger partial charge in [-0.1, -0.05) is 35.7 Å². The van der Waals surface area contributed by atoms with Crippen molar-refractivity contribution in [2.24, 2.45) is 5.92 Å². The molecule has 0 aliphatic heterocycles. The van der Waals surface area contributed by atoms with Crippen LogP contribution >= 0.6 is 15.9 Å². The SMILES string of the molecule is CCCC1CCC(Nc2ccc(Br)cc2)(C(=O)OC)CC1. The molecule has 1 fully saturated rings. The number of benzene rings is 1. The van der Waals surface area contributed by atoms with E-state index in [-0.39, 0.29) is 5.97 Å². The highest BCUT2D eigenvalue weighted by Gasteiger charge is 2.42. The standard InChI is InChI=1S/C17H24BrNO2/c1-3-4-13-9-11-17(12-10-13,16(20)21-2)19-15-7-5-14(18)6-8-15/h5-8,13,19H,3-4,9-12H2,1-2H3. The zero-order valence-corrected chi connectivity index (χ0v) is 14.4. The second-order valence-corrected chi connectivity index (χ2v) is 6.85. The molecule has 0 spiro atoms.